The zero-order valence-electron chi connectivity index (χ0n) is 13.9. The van der Waals surface area contributed by atoms with E-state index in [1.54, 1.807) is 28.6 Å². The van der Waals surface area contributed by atoms with E-state index in [1.165, 1.54) is 0 Å². The Kier molecular flexibility index (Phi) is 6.17. The average Bonchev–Trinajstić information content (AvgIpc) is 2.96. The summed E-state index contributed by atoms with van der Waals surface area (Å²) >= 11 is 0. The normalized spacial score (nSPS) is 19.1. The minimum Gasteiger partial charge on any atom is -0.306 e. The molecule has 1 heterocycles. The number of benzene rings is 1. The lowest BCUT2D eigenvalue weighted by Crippen LogP contribution is -2.32. The zero-order valence-corrected chi connectivity index (χ0v) is 14.7. The summed E-state index contributed by atoms with van der Waals surface area (Å²) in [7, 11) is -1.22. The molecule has 0 radical (unpaired) electrons. The Morgan fingerprint density at radius 1 is 1.43 bits per heavy atom. The molecule has 0 aliphatic carbocycles. The number of hydrogen-bond donors (Lipinski definition) is 0. The maximum atomic E-state index is 12.6. The van der Waals surface area contributed by atoms with Crippen LogP contribution in [0.2, 0.25) is 0 Å². The molecule has 1 saturated heterocycles. The van der Waals surface area contributed by atoms with Gasteiger partial charge in [-0.1, -0.05) is 19.1 Å². The Labute approximate surface area is 139 Å². The van der Waals surface area contributed by atoms with Crippen LogP contribution in [0.5, 0.6) is 0 Å². The first-order valence-electron chi connectivity index (χ1n) is 8.10. The topological polar surface area (TPSA) is 64.4 Å². The van der Waals surface area contributed by atoms with Crippen molar-refractivity contribution in [3.63, 3.8) is 0 Å². The van der Waals surface area contributed by atoms with E-state index in [4.69, 9.17) is 5.26 Å². The third-order valence-electron chi connectivity index (χ3n) is 4.22. The predicted octanol–water partition coefficient (Wildman–Crippen LogP) is 2.05. The van der Waals surface area contributed by atoms with Gasteiger partial charge in [-0.05, 0) is 50.0 Å². The van der Waals surface area contributed by atoms with Crippen LogP contribution in [-0.2, 0) is 15.8 Å². The summed E-state index contributed by atoms with van der Waals surface area (Å²) in [5, 5.41) is 8.92. The minimum absolute atomic E-state index is 0.0277. The molecule has 2 rings (SSSR count). The molecule has 0 N–H and O–H groups in total. The standard InChI is InChI=1S/C17H25N3O2S/c1-3-8-19(2)12-17-7-9-20(13-17)23(21,22)14-16-6-4-5-15(10-16)11-18/h4-6,10,17H,3,7-9,12-14H2,1-2H3. The van der Waals surface area contributed by atoms with Gasteiger partial charge in [0, 0.05) is 19.6 Å². The van der Waals surface area contributed by atoms with Gasteiger partial charge in [0.1, 0.15) is 0 Å². The van der Waals surface area contributed by atoms with E-state index in [1.807, 2.05) is 6.07 Å². The maximum absolute atomic E-state index is 12.6. The second-order valence-corrected chi connectivity index (χ2v) is 8.31. The second-order valence-electron chi connectivity index (χ2n) is 6.34. The summed E-state index contributed by atoms with van der Waals surface area (Å²) in [5.41, 5.74) is 1.17. The molecule has 0 spiro atoms. The third-order valence-corrected chi connectivity index (χ3v) is 6.04. The van der Waals surface area contributed by atoms with Crippen molar-refractivity contribution < 1.29 is 8.42 Å². The van der Waals surface area contributed by atoms with E-state index < -0.39 is 10.0 Å². The van der Waals surface area contributed by atoms with Crippen molar-refractivity contribution in [1.29, 1.82) is 5.26 Å². The molecule has 1 unspecified atom stereocenters. The molecule has 0 bridgehead atoms. The van der Waals surface area contributed by atoms with Crippen LogP contribution in [0.4, 0.5) is 0 Å². The molecule has 1 aliphatic heterocycles. The quantitative estimate of drug-likeness (QED) is 0.765. The molecular weight excluding hydrogens is 310 g/mol. The van der Waals surface area contributed by atoms with Gasteiger partial charge in [-0.2, -0.15) is 5.26 Å². The Bertz CT molecular complexity index is 667. The van der Waals surface area contributed by atoms with Crippen LogP contribution in [0, 0.1) is 17.2 Å². The fraction of sp³-hybridized carbons (Fsp3) is 0.588. The first-order chi connectivity index (χ1) is 10.9. The van der Waals surface area contributed by atoms with Crippen LogP contribution < -0.4 is 0 Å². The first-order valence-corrected chi connectivity index (χ1v) is 9.71. The molecule has 0 amide bonds. The van der Waals surface area contributed by atoms with Crippen LogP contribution >= 0.6 is 0 Å². The summed E-state index contributed by atoms with van der Waals surface area (Å²) in [4.78, 5) is 2.27. The van der Waals surface area contributed by atoms with Gasteiger partial charge in [-0.15, -0.1) is 0 Å². The molecular formula is C17H25N3O2S. The number of rotatable bonds is 7. The molecule has 0 aromatic heterocycles. The first kappa shape index (κ1) is 17.9. The fourth-order valence-corrected chi connectivity index (χ4v) is 4.75. The van der Waals surface area contributed by atoms with Crippen molar-refractivity contribution in [3.05, 3.63) is 35.4 Å². The average molecular weight is 335 g/mol. The molecule has 1 aromatic rings. The van der Waals surface area contributed by atoms with Crippen molar-refractivity contribution in [2.45, 2.75) is 25.5 Å². The molecule has 23 heavy (non-hydrogen) atoms. The zero-order chi connectivity index (χ0) is 16.9. The highest BCUT2D eigenvalue weighted by Crippen LogP contribution is 2.22. The number of nitrogens with zero attached hydrogens (tertiary/aromatic N) is 3. The van der Waals surface area contributed by atoms with Gasteiger partial charge in [0.05, 0.1) is 17.4 Å². The van der Waals surface area contributed by atoms with E-state index >= 15 is 0 Å². The van der Waals surface area contributed by atoms with Crippen molar-refractivity contribution in [1.82, 2.24) is 9.21 Å². The third kappa shape index (κ3) is 5.03. The van der Waals surface area contributed by atoms with Crippen LogP contribution in [0.15, 0.2) is 24.3 Å². The summed E-state index contributed by atoms with van der Waals surface area (Å²) in [6, 6.07) is 8.89. The van der Waals surface area contributed by atoms with E-state index in [-0.39, 0.29) is 5.75 Å². The summed E-state index contributed by atoms with van der Waals surface area (Å²) < 4.78 is 26.8. The molecule has 126 valence electrons. The lowest BCUT2D eigenvalue weighted by Gasteiger charge is -2.21. The maximum Gasteiger partial charge on any atom is 0.218 e. The van der Waals surface area contributed by atoms with Gasteiger partial charge < -0.3 is 4.90 Å². The fourth-order valence-electron chi connectivity index (χ4n) is 3.15. The van der Waals surface area contributed by atoms with Gasteiger partial charge in [0.25, 0.3) is 0 Å². The van der Waals surface area contributed by atoms with Gasteiger partial charge in [0.2, 0.25) is 10.0 Å². The summed E-state index contributed by atoms with van der Waals surface area (Å²) in [6.07, 6.45) is 2.03. The summed E-state index contributed by atoms with van der Waals surface area (Å²) in [6.45, 7) is 5.35. The highest BCUT2D eigenvalue weighted by atomic mass is 32.2. The molecule has 1 aromatic carbocycles. The Morgan fingerprint density at radius 3 is 2.91 bits per heavy atom. The van der Waals surface area contributed by atoms with E-state index in [0.29, 0.717) is 30.1 Å². The van der Waals surface area contributed by atoms with Crippen molar-refractivity contribution in [3.8, 4) is 6.07 Å². The van der Waals surface area contributed by atoms with Gasteiger partial charge in [0.15, 0.2) is 0 Å². The van der Waals surface area contributed by atoms with Crippen molar-refractivity contribution in [2.75, 3.05) is 33.2 Å². The SMILES string of the molecule is CCCN(C)CC1CCN(S(=O)(=O)Cc2cccc(C#N)c2)C1. The highest BCUT2D eigenvalue weighted by Gasteiger charge is 2.31. The van der Waals surface area contributed by atoms with Crippen LogP contribution in [0.1, 0.15) is 30.9 Å². The van der Waals surface area contributed by atoms with Crippen molar-refractivity contribution >= 4 is 10.0 Å². The molecule has 0 saturated carbocycles. The molecule has 1 aliphatic rings. The van der Waals surface area contributed by atoms with Gasteiger partial charge in [-0.25, -0.2) is 12.7 Å². The van der Waals surface area contributed by atoms with Gasteiger partial charge >= 0.3 is 0 Å². The highest BCUT2D eigenvalue weighted by molar-refractivity contribution is 7.88. The predicted molar refractivity (Wildman–Crippen MR) is 91.2 cm³/mol. The molecule has 1 fully saturated rings. The monoisotopic (exact) mass is 335 g/mol. The van der Waals surface area contributed by atoms with Crippen LogP contribution in [0.3, 0.4) is 0 Å². The molecule has 1 atom stereocenters. The van der Waals surface area contributed by atoms with Gasteiger partial charge in [-0.3, -0.25) is 0 Å². The Morgan fingerprint density at radius 2 is 2.22 bits per heavy atom. The van der Waals surface area contributed by atoms with E-state index in [2.05, 4.69) is 18.9 Å². The Hall–Kier alpha value is -1.42. The van der Waals surface area contributed by atoms with Crippen molar-refractivity contribution in [2.24, 2.45) is 5.92 Å². The Balaban J connectivity index is 1.97. The lowest BCUT2D eigenvalue weighted by molar-refractivity contribution is 0.281. The largest absolute Gasteiger partial charge is 0.306 e. The lowest BCUT2D eigenvalue weighted by atomic mass is 10.1. The number of nitriles is 1. The number of hydrogen-bond acceptors (Lipinski definition) is 4. The van der Waals surface area contributed by atoms with Crippen LogP contribution in [0.25, 0.3) is 0 Å². The number of sulfonamides is 1. The molecule has 6 heteroatoms. The van der Waals surface area contributed by atoms with E-state index in [9.17, 15) is 8.42 Å². The summed E-state index contributed by atoms with van der Waals surface area (Å²) in [5.74, 6) is 0.381. The molecule has 5 nitrogen and oxygen atoms in total. The smallest absolute Gasteiger partial charge is 0.218 e. The van der Waals surface area contributed by atoms with Crippen LogP contribution in [-0.4, -0.2) is 50.8 Å². The minimum atomic E-state index is -3.31. The van der Waals surface area contributed by atoms with E-state index in [0.717, 1.165) is 25.9 Å². The second kappa shape index (κ2) is 7.91.